The van der Waals surface area contributed by atoms with Crippen LogP contribution < -0.4 is 4.74 Å². The molecule has 3 heteroatoms. The van der Waals surface area contributed by atoms with E-state index in [4.69, 9.17) is 21.7 Å². The van der Waals surface area contributed by atoms with Crippen LogP contribution in [0.3, 0.4) is 0 Å². The fourth-order valence-electron chi connectivity index (χ4n) is 0.928. The Labute approximate surface area is 82.2 Å². The second-order valence-electron chi connectivity index (χ2n) is 2.42. The Kier molecular flexibility index (Phi) is 3.14. The summed E-state index contributed by atoms with van der Waals surface area (Å²) in [7, 11) is 0. The Bertz CT molecular complexity index is 458. The van der Waals surface area contributed by atoms with Gasteiger partial charge in [0.15, 0.2) is 0 Å². The molecule has 0 spiro atoms. The zero-order chi connectivity index (χ0) is 10.4. The van der Waals surface area contributed by atoms with Gasteiger partial charge in [-0.15, -0.1) is 6.42 Å². The summed E-state index contributed by atoms with van der Waals surface area (Å²) in [6.07, 6.45) is 5.01. The van der Waals surface area contributed by atoms with Crippen LogP contribution in [0.15, 0.2) is 18.2 Å². The molecule has 1 rings (SSSR count). The molecule has 0 aliphatic carbocycles. The summed E-state index contributed by atoms with van der Waals surface area (Å²) in [5, 5.41) is 17.3. The third-order valence-corrected chi connectivity index (χ3v) is 1.55. The highest BCUT2D eigenvalue weighted by atomic mass is 16.5. The molecule has 0 aliphatic rings. The number of hydrogen-bond donors (Lipinski definition) is 0. The molecule has 1 aromatic carbocycles. The molecule has 0 radical (unpaired) electrons. The molecule has 0 atom stereocenters. The van der Waals surface area contributed by atoms with Gasteiger partial charge in [-0.25, -0.2) is 0 Å². The zero-order valence-corrected chi connectivity index (χ0v) is 7.32. The lowest BCUT2D eigenvalue weighted by Crippen LogP contribution is -1.94. The number of rotatable bonds is 2. The van der Waals surface area contributed by atoms with Crippen LogP contribution in [-0.4, -0.2) is 6.61 Å². The topological polar surface area (TPSA) is 56.8 Å². The lowest BCUT2D eigenvalue weighted by molar-refractivity contribution is 0.370. The smallest absolute Gasteiger partial charge is 0.148 e. The van der Waals surface area contributed by atoms with Gasteiger partial charge in [0.1, 0.15) is 24.5 Å². The molecule has 0 aliphatic heterocycles. The number of benzene rings is 1. The Morgan fingerprint density at radius 2 is 1.93 bits per heavy atom. The van der Waals surface area contributed by atoms with Gasteiger partial charge < -0.3 is 4.74 Å². The molecule has 0 N–H and O–H groups in total. The first kappa shape index (κ1) is 9.65. The van der Waals surface area contributed by atoms with Crippen molar-refractivity contribution in [2.45, 2.75) is 0 Å². The van der Waals surface area contributed by atoms with E-state index in [9.17, 15) is 0 Å². The van der Waals surface area contributed by atoms with Crippen LogP contribution >= 0.6 is 0 Å². The van der Waals surface area contributed by atoms with Crippen molar-refractivity contribution in [3.63, 3.8) is 0 Å². The van der Waals surface area contributed by atoms with Gasteiger partial charge >= 0.3 is 0 Å². The van der Waals surface area contributed by atoms with Gasteiger partial charge in [0.25, 0.3) is 0 Å². The van der Waals surface area contributed by atoms with Gasteiger partial charge in [0, 0.05) is 0 Å². The maximum Gasteiger partial charge on any atom is 0.148 e. The summed E-state index contributed by atoms with van der Waals surface area (Å²) >= 11 is 0. The summed E-state index contributed by atoms with van der Waals surface area (Å²) < 4.78 is 5.10. The second-order valence-corrected chi connectivity index (χ2v) is 2.42. The molecular formula is C11H6N2O. The first-order valence-electron chi connectivity index (χ1n) is 3.82. The van der Waals surface area contributed by atoms with Crippen LogP contribution in [0.25, 0.3) is 0 Å². The molecule has 66 valence electrons. The van der Waals surface area contributed by atoms with E-state index < -0.39 is 0 Å². The minimum absolute atomic E-state index is 0.150. The minimum atomic E-state index is 0.150. The molecule has 0 bridgehead atoms. The fourth-order valence-corrected chi connectivity index (χ4v) is 0.928. The number of nitriles is 2. The lowest BCUT2D eigenvalue weighted by Gasteiger charge is -2.02. The molecule has 0 fully saturated rings. The predicted octanol–water partition coefficient (Wildman–Crippen LogP) is 1.44. The lowest BCUT2D eigenvalue weighted by atomic mass is 10.1. The van der Waals surface area contributed by atoms with Crippen LogP contribution in [-0.2, 0) is 0 Å². The van der Waals surface area contributed by atoms with Crippen molar-refractivity contribution >= 4 is 0 Å². The second kappa shape index (κ2) is 4.55. The van der Waals surface area contributed by atoms with Gasteiger partial charge in [-0.05, 0) is 18.2 Å². The maximum atomic E-state index is 8.70. The maximum absolute atomic E-state index is 8.70. The summed E-state index contributed by atoms with van der Waals surface area (Å²) in [6, 6.07) is 8.46. The summed E-state index contributed by atoms with van der Waals surface area (Å²) in [5.41, 5.74) is 0.627. The molecule has 0 heterocycles. The van der Waals surface area contributed by atoms with E-state index in [0.29, 0.717) is 16.9 Å². The quantitative estimate of drug-likeness (QED) is 0.650. The first-order chi connectivity index (χ1) is 6.81. The number of nitrogens with zero attached hydrogens (tertiary/aromatic N) is 2. The van der Waals surface area contributed by atoms with E-state index in [0.717, 1.165) is 0 Å². The highest BCUT2D eigenvalue weighted by Crippen LogP contribution is 2.16. The zero-order valence-electron chi connectivity index (χ0n) is 7.32. The molecule has 0 aromatic heterocycles. The standard InChI is InChI=1S/C11H6N2O/c1-2-5-14-11-4-3-9(7-12)10(6-11)8-13/h1,3-4,6H,5H2. The molecule has 0 saturated heterocycles. The Morgan fingerprint density at radius 3 is 2.50 bits per heavy atom. The van der Waals surface area contributed by atoms with Crippen LogP contribution in [0.1, 0.15) is 11.1 Å². The molecule has 1 aromatic rings. The fraction of sp³-hybridized carbons (Fsp3) is 0.0909. The third-order valence-electron chi connectivity index (χ3n) is 1.55. The molecule has 3 nitrogen and oxygen atoms in total. The highest BCUT2D eigenvalue weighted by molar-refractivity contribution is 5.49. The van der Waals surface area contributed by atoms with Crippen molar-refractivity contribution in [3.05, 3.63) is 29.3 Å². The number of ether oxygens (including phenoxy) is 1. The van der Waals surface area contributed by atoms with E-state index in [-0.39, 0.29) is 6.61 Å². The Hall–Kier alpha value is -2.44. The third kappa shape index (κ3) is 2.03. The van der Waals surface area contributed by atoms with Crippen molar-refractivity contribution in [2.24, 2.45) is 0 Å². The van der Waals surface area contributed by atoms with Crippen LogP contribution in [0.2, 0.25) is 0 Å². The minimum Gasteiger partial charge on any atom is -0.481 e. The first-order valence-corrected chi connectivity index (χ1v) is 3.82. The van der Waals surface area contributed by atoms with Crippen LogP contribution in [0.4, 0.5) is 0 Å². The molecule has 0 amide bonds. The summed E-state index contributed by atoms with van der Waals surface area (Å²) in [5.74, 6) is 2.81. The Balaban J connectivity index is 3.00. The average Bonchev–Trinajstić information content (AvgIpc) is 2.25. The van der Waals surface area contributed by atoms with Crippen molar-refractivity contribution in [1.82, 2.24) is 0 Å². The number of terminal acetylenes is 1. The van der Waals surface area contributed by atoms with Gasteiger partial charge in [0.05, 0.1) is 11.1 Å². The van der Waals surface area contributed by atoms with E-state index in [2.05, 4.69) is 5.92 Å². The molecule has 14 heavy (non-hydrogen) atoms. The van der Waals surface area contributed by atoms with E-state index in [1.165, 1.54) is 12.1 Å². The van der Waals surface area contributed by atoms with Crippen molar-refractivity contribution in [1.29, 1.82) is 10.5 Å². The van der Waals surface area contributed by atoms with Gasteiger partial charge in [-0.1, -0.05) is 5.92 Å². The highest BCUT2D eigenvalue weighted by Gasteiger charge is 2.02. The predicted molar refractivity (Wildman–Crippen MR) is 50.2 cm³/mol. The average molecular weight is 182 g/mol. The van der Waals surface area contributed by atoms with Gasteiger partial charge in [-0.3, -0.25) is 0 Å². The van der Waals surface area contributed by atoms with Crippen LogP contribution in [0.5, 0.6) is 5.75 Å². The normalized spacial score (nSPS) is 8.07. The monoisotopic (exact) mass is 182 g/mol. The van der Waals surface area contributed by atoms with E-state index >= 15 is 0 Å². The van der Waals surface area contributed by atoms with Crippen molar-refractivity contribution < 1.29 is 4.74 Å². The van der Waals surface area contributed by atoms with E-state index in [1.807, 2.05) is 12.1 Å². The molecular weight excluding hydrogens is 176 g/mol. The van der Waals surface area contributed by atoms with Crippen molar-refractivity contribution in [2.75, 3.05) is 6.61 Å². The SMILES string of the molecule is C#CCOc1ccc(C#N)c(C#N)c1. The Morgan fingerprint density at radius 1 is 1.21 bits per heavy atom. The van der Waals surface area contributed by atoms with E-state index in [1.54, 1.807) is 6.07 Å². The largest absolute Gasteiger partial charge is 0.481 e. The molecule has 0 saturated carbocycles. The van der Waals surface area contributed by atoms with Gasteiger partial charge in [-0.2, -0.15) is 10.5 Å². The molecule has 0 unspecified atom stereocenters. The summed E-state index contributed by atoms with van der Waals surface area (Å²) in [4.78, 5) is 0. The van der Waals surface area contributed by atoms with Crippen LogP contribution in [0, 0.1) is 35.0 Å². The summed E-state index contributed by atoms with van der Waals surface area (Å²) in [6.45, 7) is 0.150. The van der Waals surface area contributed by atoms with Crippen molar-refractivity contribution in [3.8, 4) is 30.2 Å². The number of hydrogen-bond acceptors (Lipinski definition) is 3. The van der Waals surface area contributed by atoms with Gasteiger partial charge in [0.2, 0.25) is 0 Å².